The Morgan fingerprint density at radius 1 is 1.20 bits per heavy atom. The number of benzene rings is 1. The van der Waals surface area contributed by atoms with Crippen molar-refractivity contribution < 1.29 is 0 Å². The number of rotatable bonds is 4. The summed E-state index contributed by atoms with van der Waals surface area (Å²) in [4.78, 5) is 0.649. The van der Waals surface area contributed by atoms with Gasteiger partial charge in [0.05, 0.1) is 0 Å². The largest absolute Gasteiger partial charge is 0.0888 e. The normalized spacial score (nSPS) is 19.9. The number of hydrogen-bond donors (Lipinski definition) is 0. The summed E-state index contributed by atoms with van der Waals surface area (Å²) in [5.74, 6) is 0. The first-order chi connectivity index (χ1) is 7.16. The first kappa shape index (κ1) is 11.2. The van der Waals surface area contributed by atoms with E-state index in [-0.39, 0.29) is 0 Å². The van der Waals surface area contributed by atoms with Crippen LogP contribution in [0.3, 0.4) is 0 Å². The van der Waals surface area contributed by atoms with Gasteiger partial charge in [0.1, 0.15) is 0 Å². The summed E-state index contributed by atoms with van der Waals surface area (Å²) in [5, 5.41) is 0. The summed E-state index contributed by atoms with van der Waals surface area (Å²) in [6.45, 7) is 4.49. The quantitative estimate of drug-likeness (QED) is 0.711. The molecule has 0 saturated heterocycles. The number of halogens is 1. The summed E-state index contributed by atoms with van der Waals surface area (Å²) >= 11 is 3.74. The second-order valence-corrected chi connectivity index (χ2v) is 6.20. The summed E-state index contributed by atoms with van der Waals surface area (Å²) < 4.78 is 0. The van der Waals surface area contributed by atoms with Gasteiger partial charge < -0.3 is 0 Å². The number of hydrogen-bond acceptors (Lipinski definition) is 0. The van der Waals surface area contributed by atoms with Gasteiger partial charge in [-0.2, -0.15) is 0 Å². The molecule has 0 N–H and O–H groups in total. The second-order valence-electron chi connectivity index (χ2n) is 4.83. The van der Waals surface area contributed by atoms with Crippen molar-refractivity contribution in [2.24, 2.45) is 5.41 Å². The molecule has 0 bridgehead atoms. The van der Waals surface area contributed by atoms with Crippen molar-refractivity contribution >= 4 is 15.9 Å². The lowest BCUT2D eigenvalue weighted by Gasteiger charge is -2.18. The summed E-state index contributed by atoms with van der Waals surface area (Å²) in [5.41, 5.74) is 3.50. The lowest BCUT2D eigenvalue weighted by molar-refractivity contribution is 0.509. The molecule has 0 aromatic heterocycles. The van der Waals surface area contributed by atoms with E-state index in [1.165, 1.54) is 30.4 Å². The first-order valence-electron chi connectivity index (χ1n) is 5.88. The van der Waals surface area contributed by atoms with Gasteiger partial charge in [-0.3, -0.25) is 0 Å². The van der Waals surface area contributed by atoms with Gasteiger partial charge in [0.25, 0.3) is 0 Å². The molecular formula is C14H19Br. The first-order valence-corrected chi connectivity index (χ1v) is 6.80. The highest BCUT2D eigenvalue weighted by molar-refractivity contribution is 9.09. The lowest BCUT2D eigenvalue weighted by Crippen LogP contribution is -2.15. The third-order valence-corrected chi connectivity index (χ3v) is 4.69. The maximum absolute atomic E-state index is 3.74. The molecule has 1 fully saturated rings. The van der Waals surface area contributed by atoms with Crippen molar-refractivity contribution in [3.63, 3.8) is 0 Å². The minimum atomic E-state index is 0.563. The molecule has 1 saturated carbocycles. The molecule has 1 aromatic carbocycles. The van der Waals surface area contributed by atoms with Crippen molar-refractivity contribution in [3.05, 3.63) is 35.4 Å². The van der Waals surface area contributed by atoms with Crippen LogP contribution >= 0.6 is 15.9 Å². The Balaban J connectivity index is 2.05. The zero-order valence-electron chi connectivity index (χ0n) is 9.59. The zero-order valence-corrected chi connectivity index (χ0v) is 11.2. The van der Waals surface area contributed by atoms with E-state index in [9.17, 15) is 0 Å². The van der Waals surface area contributed by atoms with Crippen molar-refractivity contribution in [3.8, 4) is 0 Å². The Morgan fingerprint density at radius 2 is 1.73 bits per heavy atom. The van der Waals surface area contributed by atoms with E-state index in [4.69, 9.17) is 0 Å². The average Bonchev–Trinajstić information content (AvgIpc) is 3.00. The molecule has 1 aromatic rings. The highest BCUT2D eigenvalue weighted by Gasteiger charge is 2.45. The van der Waals surface area contributed by atoms with Gasteiger partial charge in [-0.1, -0.05) is 54.0 Å². The molecule has 0 aliphatic heterocycles. The van der Waals surface area contributed by atoms with Gasteiger partial charge in [-0.05, 0) is 42.2 Å². The Kier molecular flexibility index (Phi) is 3.20. The molecule has 0 radical (unpaired) electrons. The topological polar surface area (TPSA) is 0 Å². The second kappa shape index (κ2) is 4.29. The van der Waals surface area contributed by atoms with Gasteiger partial charge in [0.2, 0.25) is 0 Å². The van der Waals surface area contributed by atoms with Crippen LogP contribution in [-0.4, -0.2) is 4.83 Å². The molecule has 1 atom stereocenters. The molecule has 1 aliphatic rings. The van der Waals surface area contributed by atoms with E-state index in [1.807, 2.05) is 0 Å². The van der Waals surface area contributed by atoms with Crippen LogP contribution in [0.15, 0.2) is 24.3 Å². The predicted molar refractivity (Wildman–Crippen MR) is 69.6 cm³/mol. The van der Waals surface area contributed by atoms with E-state index in [1.54, 1.807) is 0 Å². The Hall–Kier alpha value is -0.300. The molecule has 82 valence electrons. The van der Waals surface area contributed by atoms with E-state index in [0.717, 1.165) is 6.42 Å². The number of alkyl halides is 1. The lowest BCUT2D eigenvalue weighted by atomic mass is 9.93. The van der Waals surface area contributed by atoms with Crippen LogP contribution in [0.4, 0.5) is 0 Å². The van der Waals surface area contributed by atoms with Crippen molar-refractivity contribution in [1.29, 1.82) is 0 Å². The van der Waals surface area contributed by atoms with Crippen LogP contribution in [0.5, 0.6) is 0 Å². The average molecular weight is 267 g/mol. The fourth-order valence-electron chi connectivity index (χ4n) is 2.18. The monoisotopic (exact) mass is 266 g/mol. The molecule has 2 rings (SSSR count). The van der Waals surface area contributed by atoms with Gasteiger partial charge in [-0.15, -0.1) is 0 Å². The predicted octanol–water partition coefficient (Wildman–Crippen LogP) is 4.36. The van der Waals surface area contributed by atoms with E-state index >= 15 is 0 Å². The molecule has 1 unspecified atom stereocenters. The maximum atomic E-state index is 3.74. The van der Waals surface area contributed by atoms with Crippen molar-refractivity contribution in [2.75, 3.05) is 0 Å². The minimum Gasteiger partial charge on any atom is -0.0888 e. The Labute approximate surface area is 101 Å². The van der Waals surface area contributed by atoms with Gasteiger partial charge in [0.15, 0.2) is 0 Å². The minimum absolute atomic E-state index is 0.563. The Morgan fingerprint density at radius 3 is 2.13 bits per heavy atom. The van der Waals surface area contributed by atoms with Crippen LogP contribution in [0, 0.1) is 5.41 Å². The number of aryl methyl sites for hydroxylation is 1. The molecule has 1 heteroatoms. The van der Waals surface area contributed by atoms with Crippen LogP contribution in [-0.2, 0) is 12.8 Å². The van der Waals surface area contributed by atoms with Crippen LogP contribution < -0.4 is 0 Å². The van der Waals surface area contributed by atoms with Crippen LogP contribution in [0.25, 0.3) is 0 Å². The van der Waals surface area contributed by atoms with Crippen LogP contribution in [0.2, 0.25) is 0 Å². The van der Waals surface area contributed by atoms with Crippen molar-refractivity contribution in [2.45, 2.75) is 44.4 Å². The fourth-order valence-corrected chi connectivity index (χ4v) is 2.79. The fraction of sp³-hybridized carbons (Fsp3) is 0.571. The standard InChI is InChI=1S/C14H19Br/c1-3-12-4-6-13(7-5-12)10-14(8-9-14)11(2)15/h4-7,11H,3,8-10H2,1-2H3. The zero-order chi connectivity index (χ0) is 10.9. The van der Waals surface area contributed by atoms with Gasteiger partial charge in [0, 0.05) is 4.83 Å². The van der Waals surface area contributed by atoms with Gasteiger partial charge in [-0.25, -0.2) is 0 Å². The molecule has 0 heterocycles. The summed E-state index contributed by atoms with van der Waals surface area (Å²) in [6.07, 6.45) is 5.15. The molecular weight excluding hydrogens is 248 g/mol. The molecule has 15 heavy (non-hydrogen) atoms. The molecule has 1 aliphatic carbocycles. The summed E-state index contributed by atoms with van der Waals surface area (Å²) in [7, 11) is 0. The van der Waals surface area contributed by atoms with Gasteiger partial charge >= 0.3 is 0 Å². The maximum Gasteiger partial charge on any atom is 0.0177 e. The molecule has 0 spiro atoms. The SMILES string of the molecule is CCc1ccc(CC2(C(C)Br)CC2)cc1. The van der Waals surface area contributed by atoms with Crippen LogP contribution in [0.1, 0.15) is 37.8 Å². The highest BCUT2D eigenvalue weighted by Crippen LogP contribution is 2.53. The molecule has 0 nitrogen and oxygen atoms in total. The third-order valence-electron chi connectivity index (χ3n) is 3.72. The summed E-state index contributed by atoms with van der Waals surface area (Å²) in [6, 6.07) is 9.14. The molecule has 0 amide bonds. The van der Waals surface area contributed by atoms with E-state index in [2.05, 4.69) is 54.0 Å². The smallest absolute Gasteiger partial charge is 0.0177 e. The van der Waals surface area contributed by atoms with Crippen molar-refractivity contribution in [1.82, 2.24) is 0 Å². The van der Waals surface area contributed by atoms with E-state index in [0.29, 0.717) is 10.2 Å². The Bertz CT molecular complexity index is 320. The third kappa shape index (κ3) is 2.44. The highest BCUT2D eigenvalue weighted by atomic mass is 79.9. The van der Waals surface area contributed by atoms with E-state index < -0.39 is 0 Å².